The minimum absolute atomic E-state index is 0.660. The Kier molecular flexibility index (Phi) is 2.35. The summed E-state index contributed by atoms with van der Waals surface area (Å²) in [6.45, 7) is 3.73. The lowest BCUT2D eigenvalue weighted by Crippen LogP contribution is -1.80. The van der Waals surface area contributed by atoms with Crippen LogP contribution in [0.3, 0.4) is 0 Å². The average Bonchev–Trinajstić information content (AvgIpc) is 2.61. The van der Waals surface area contributed by atoms with Gasteiger partial charge in [0.1, 0.15) is 5.76 Å². The molecule has 0 fully saturated rings. The van der Waals surface area contributed by atoms with E-state index in [1.54, 1.807) is 0 Å². The maximum absolute atomic E-state index is 5.52. The van der Waals surface area contributed by atoms with Crippen LogP contribution >= 0.6 is 0 Å². The van der Waals surface area contributed by atoms with E-state index in [2.05, 4.69) is 11.4 Å². The number of oxazole rings is 1. The standard InChI is InChI=1S/C12H11NO/c1-3-11-9(2)14-12(13-11)10-7-5-4-6-8-10/h4-8H,1-2H3. The largest absolute Gasteiger partial charge is 0.441 e. The van der Waals surface area contributed by atoms with Crippen LogP contribution in [0.2, 0.25) is 0 Å². The first-order chi connectivity index (χ1) is 6.81. The number of hydrogen-bond donors (Lipinski definition) is 0. The highest BCUT2D eigenvalue weighted by Crippen LogP contribution is 2.21. The molecule has 2 rings (SSSR count). The zero-order valence-corrected chi connectivity index (χ0v) is 8.24. The summed E-state index contributed by atoms with van der Waals surface area (Å²) in [5.74, 6) is 1.47. The SMILES string of the molecule is C[C]c1nc(-c2ccccc2)oc1C. The molecule has 0 aliphatic heterocycles. The van der Waals surface area contributed by atoms with Crippen molar-refractivity contribution in [1.29, 1.82) is 0 Å². The molecule has 14 heavy (non-hydrogen) atoms. The van der Waals surface area contributed by atoms with Gasteiger partial charge in [-0.25, -0.2) is 4.98 Å². The van der Waals surface area contributed by atoms with Crippen molar-refractivity contribution in [3.8, 4) is 11.5 Å². The van der Waals surface area contributed by atoms with Crippen molar-refractivity contribution >= 4 is 0 Å². The van der Waals surface area contributed by atoms with Gasteiger partial charge in [-0.2, -0.15) is 0 Å². The van der Waals surface area contributed by atoms with Gasteiger partial charge in [-0.15, -0.1) is 0 Å². The number of benzene rings is 1. The summed E-state index contributed by atoms with van der Waals surface area (Å²) in [4.78, 5) is 4.32. The molecule has 0 saturated heterocycles. The summed E-state index contributed by atoms with van der Waals surface area (Å²) >= 11 is 0. The maximum Gasteiger partial charge on any atom is 0.226 e. The summed E-state index contributed by atoms with van der Waals surface area (Å²) in [5.41, 5.74) is 1.79. The van der Waals surface area contributed by atoms with Crippen LogP contribution in [0.5, 0.6) is 0 Å². The third-order valence-corrected chi connectivity index (χ3v) is 2.05. The molecule has 0 aliphatic rings. The van der Waals surface area contributed by atoms with E-state index in [-0.39, 0.29) is 0 Å². The Hall–Kier alpha value is -1.57. The van der Waals surface area contributed by atoms with Crippen LogP contribution in [0.15, 0.2) is 34.7 Å². The van der Waals surface area contributed by atoms with E-state index >= 15 is 0 Å². The fraction of sp³-hybridized carbons (Fsp3) is 0.167. The van der Waals surface area contributed by atoms with Crippen LogP contribution in [0.25, 0.3) is 11.5 Å². The molecule has 1 aromatic carbocycles. The second kappa shape index (κ2) is 3.66. The Morgan fingerprint density at radius 1 is 1.21 bits per heavy atom. The van der Waals surface area contributed by atoms with Crippen molar-refractivity contribution in [2.45, 2.75) is 13.8 Å². The molecule has 1 aromatic heterocycles. The highest BCUT2D eigenvalue weighted by Gasteiger charge is 2.08. The second-order valence-corrected chi connectivity index (χ2v) is 3.04. The van der Waals surface area contributed by atoms with Gasteiger partial charge >= 0.3 is 0 Å². The van der Waals surface area contributed by atoms with Crippen LogP contribution in [0.1, 0.15) is 18.4 Å². The zero-order valence-electron chi connectivity index (χ0n) is 8.24. The predicted molar refractivity (Wildman–Crippen MR) is 54.7 cm³/mol. The highest BCUT2D eigenvalue weighted by atomic mass is 16.4. The van der Waals surface area contributed by atoms with Crippen LogP contribution in [0, 0.1) is 13.3 Å². The van der Waals surface area contributed by atoms with Crippen LogP contribution < -0.4 is 0 Å². The van der Waals surface area contributed by atoms with Crippen LogP contribution in [0.4, 0.5) is 0 Å². The summed E-state index contributed by atoms with van der Waals surface area (Å²) < 4.78 is 5.52. The Morgan fingerprint density at radius 2 is 1.93 bits per heavy atom. The predicted octanol–water partition coefficient (Wildman–Crippen LogP) is 3.10. The first-order valence-electron chi connectivity index (χ1n) is 4.52. The molecule has 0 amide bonds. The normalized spacial score (nSPS) is 10.4. The lowest BCUT2D eigenvalue weighted by Gasteiger charge is -1.91. The number of aryl methyl sites for hydroxylation is 1. The topological polar surface area (TPSA) is 26.0 Å². The van der Waals surface area contributed by atoms with Gasteiger partial charge < -0.3 is 4.42 Å². The molecule has 2 radical (unpaired) electrons. The number of rotatable bonds is 2. The van der Waals surface area contributed by atoms with Gasteiger partial charge in [0.2, 0.25) is 5.89 Å². The van der Waals surface area contributed by atoms with Crippen molar-refractivity contribution in [3.63, 3.8) is 0 Å². The first kappa shape index (κ1) is 9.00. The number of nitrogens with zero attached hydrogens (tertiary/aromatic N) is 1. The van der Waals surface area contributed by atoms with Gasteiger partial charge in [-0.3, -0.25) is 0 Å². The van der Waals surface area contributed by atoms with Crippen molar-refractivity contribution in [2.24, 2.45) is 0 Å². The zero-order chi connectivity index (χ0) is 9.97. The lowest BCUT2D eigenvalue weighted by atomic mass is 10.2. The molecule has 0 unspecified atom stereocenters. The molecule has 2 aromatic rings. The van der Waals surface area contributed by atoms with Gasteiger partial charge in [0.15, 0.2) is 0 Å². The third-order valence-electron chi connectivity index (χ3n) is 2.05. The first-order valence-corrected chi connectivity index (χ1v) is 4.52. The molecule has 0 aliphatic carbocycles. The van der Waals surface area contributed by atoms with Crippen molar-refractivity contribution in [2.75, 3.05) is 0 Å². The van der Waals surface area contributed by atoms with Crippen molar-refractivity contribution in [1.82, 2.24) is 4.98 Å². The molecule has 2 heteroatoms. The van der Waals surface area contributed by atoms with Gasteiger partial charge in [-0.05, 0) is 19.1 Å². The molecule has 0 atom stereocenters. The molecule has 2 nitrogen and oxygen atoms in total. The van der Waals surface area contributed by atoms with E-state index in [1.807, 2.05) is 44.2 Å². The summed E-state index contributed by atoms with van der Waals surface area (Å²) in [6, 6.07) is 9.86. The number of aromatic nitrogens is 1. The molecular weight excluding hydrogens is 174 g/mol. The van der Waals surface area contributed by atoms with E-state index in [0.29, 0.717) is 5.89 Å². The van der Waals surface area contributed by atoms with E-state index in [9.17, 15) is 0 Å². The molecular formula is C12H11NO. The monoisotopic (exact) mass is 185 g/mol. The summed E-state index contributed by atoms with van der Waals surface area (Å²) in [7, 11) is 0. The molecule has 1 heterocycles. The van der Waals surface area contributed by atoms with E-state index in [4.69, 9.17) is 4.42 Å². The van der Waals surface area contributed by atoms with Crippen LogP contribution in [-0.4, -0.2) is 4.98 Å². The molecule has 0 spiro atoms. The minimum atomic E-state index is 0.660. The Labute approximate surface area is 83.6 Å². The summed E-state index contributed by atoms with van der Waals surface area (Å²) in [6.07, 6.45) is 2.98. The molecule has 0 bridgehead atoms. The fourth-order valence-electron chi connectivity index (χ4n) is 1.33. The second-order valence-electron chi connectivity index (χ2n) is 3.04. The smallest absolute Gasteiger partial charge is 0.226 e. The van der Waals surface area contributed by atoms with E-state index < -0.39 is 0 Å². The van der Waals surface area contributed by atoms with Gasteiger partial charge in [0.05, 0.1) is 5.69 Å². The van der Waals surface area contributed by atoms with Crippen molar-refractivity contribution < 1.29 is 4.42 Å². The van der Waals surface area contributed by atoms with Crippen LogP contribution in [-0.2, 0) is 0 Å². The average molecular weight is 185 g/mol. The molecule has 70 valence electrons. The maximum atomic E-state index is 5.52. The Bertz CT molecular complexity index is 417. The quantitative estimate of drug-likeness (QED) is 0.718. The third kappa shape index (κ3) is 1.55. The van der Waals surface area contributed by atoms with E-state index in [0.717, 1.165) is 17.0 Å². The Balaban J connectivity index is 2.43. The summed E-state index contributed by atoms with van der Waals surface area (Å²) in [5, 5.41) is 0. The van der Waals surface area contributed by atoms with Gasteiger partial charge in [0, 0.05) is 12.0 Å². The van der Waals surface area contributed by atoms with Gasteiger partial charge in [0.25, 0.3) is 0 Å². The fourth-order valence-corrected chi connectivity index (χ4v) is 1.33. The lowest BCUT2D eigenvalue weighted by molar-refractivity contribution is 0.541. The van der Waals surface area contributed by atoms with E-state index in [1.165, 1.54) is 0 Å². The van der Waals surface area contributed by atoms with Gasteiger partial charge in [-0.1, -0.05) is 25.1 Å². The molecule has 0 saturated carbocycles. The Morgan fingerprint density at radius 3 is 2.50 bits per heavy atom. The number of hydrogen-bond acceptors (Lipinski definition) is 2. The minimum Gasteiger partial charge on any atom is -0.441 e. The molecule has 0 N–H and O–H groups in total. The van der Waals surface area contributed by atoms with Crippen molar-refractivity contribution in [3.05, 3.63) is 48.2 Å². The highest BCUT2D eigenvalue weighted by molar-refractivity contribution is 5.53.